The molecule has 1 fully saturated rings. The standard InChI is InChI=1S/C16H22N2O3/c1-16(2,3)21-15(20)18-8-6-12(7-9-18)13-4-5-14(11-19)17-10-13/h4-5,10-12H,6-9H2,1-3H3. The summed E-state index contributed by atoms with van der Waals surface area (Å²) in [5.41, 5.74) is 1.12. The normalized spacial score (nSPS) is 16.6. The quantitative estimate of drug-likeness (QED) is 0.786. The van der Waals surface area contributed by atoms with Gasteiger partial charge in [-0.3, -0.25) is 9.78 Å². The predicted octanol–water partition coefficient (Wildman–Crippen LogP) is 3.01. The Labute approximate surface area is 125 Å². The van der Waals surface area contributed by atoms with Gasteiger partial charge in [-0.15, -0.1) is 0 Å². The molecule has 1 saturated heterocycles. The molecule has 0 bridgehead atoms. The monoisotopic (exact) mass is 290 g/mol. The largest absolute Gasteiger partial charge is 0.444 e. The van der Waals surface area contributed by atoms with Crippen LogP contribution >= 0.6 is 0 Å². The number of nitrogens with zero attached hydrogens (tertiary/aromatic N) is 2. The molecular weight excluding hydrogens is 268 g/mol. The Balaban J connectivity index is 1.90. The number of hydrogen-bond donors (Lipinski definition) is 0. The van der Waals surface area contributed by atoms with E-state index in [1.54, 1.807) is 17.2 Å². The maximum absolute atomic E-state index is 12.0. The second-order valence-corrected chi connectivity index (χ2v) is 6.38. The zero-order chi connectivity index (χ0) is 15.5. The number of rotatable bonds is 2. The number of carbonyl (C=O) groups excluding carboxylic acids is 2. The Morgan fingerprint density at radius 3 is 2.48 bits per heavy atom. The highest BCUT2D eigenvalue weighted by molar-refractivity contribution is 5.71. The van der Waals surface area contributed by atoms with Crippen LogP contribution in [0.5, 0.6) is 0 Å². The molecular formula is C16H22N2O3. The summed E-state index contributed by atoms with van der Waals surface area (Å²) in [4.78, 5) is 28.5. The van der Waals surface area contributed by atoms with E-state index in [4.69, 9.17) is 4.74 Å². The van der Waals surface area contributed by atoms with Gasteiger partial charge in [0.1, 0.15) is 11.3 Å². The lowest BCUT2D eigenvalue weighted by Gasteiger charge is -2.33. The molecule has 1 aliphatic rings. The van der Waals surface area contributed by atoms with Gasteiger partial charge in [0, 0.05) is 19.3 Å². The Morgan fingerprint density at radius 1 is 1.33 bits per heavy atom. The summed E-state index contributed by atoms with van der Waals surface area (Å²) >= 11 is 0. The SMILES string of the molecule is CC(C)(C)OC(=O)N1CCC(c2ccc(C=O)nc2)CC1. The molecule has 5 nitrogen and oxygen atoms in total. The van der Waals surface area contributed by atoms with Crippen molar-refractivity contribution >= 4 is 12.4 Å². The molecule has 0 radical (unpaired) electrons. The van der Waals surface area contributed by atoms with Gasteiger partial charge in [0.25, 0.3) is 0 Å². The van der Waals surface area contributed by atoms with E-state index in [1.165, 1.54) is 0 Å². The van der Waals surface area contributed by atoms with Gasteiger partial charge in [0.05, 0.1) is 0 Å². The highest BCUT2D eigenvalue weighted by Crippen LogP contribution is 2.28. The Hall–Kier alpha value is -1.91. The van der Waals surface area contributed by atoms with Crippen LogP contribution in [0, 0.1) is 0 Å². The van der Waals surface area contributed by atoms with Crippen LogP contribution in [0.2, 0.25) is 0 Å². The first-order valence-electron chi connectivity index (χ1n) is 7.28. The lowest BCUT2D eigenvalue weighted by Crippen LogP contribution is -2.41. The van der Waals surface area contributed by atoms with Crippen LogP contribution in [0.15, 0.2) is 18.3 Å². The highest BCUT2D eigenvalue weighted by Gasteiger charge is 2.27. The second-order valence-electron chi connectivity index (χ2n) is 6.38. The fourth-order valence-corrected chi connectivity index (χ4v) is 2.45. The molecule has 2 rings (SSSR count). The Kier molecular flexibility index (Phi) is 4.60. The molecule has 1 aromatic heterocycles. The van der Waals surface area contributed by atoms with E-state index < -0.39 is 5.60 Å². The molecule has 2 heterocycles. The molecule has 1 aliphatic heterocycles. The zero-order valence-electron chi connectivity index (χ0n) is 12.8. The summed E-state index contributed by atoms with van der Waals surface area (Å²) in [6.07, 6.45) is 4.05. The first kappa shape index (κ1) is 15.5. The molecule has 1 aromatic rings. The van der Waals surface area contributed by atoms with Crippen LogP contribution in [-0.4, -0.2) is 41.0 Å². The van der Waals surface area contributed by atoms with E-state index in [1.807, 2.05) is 26.8 Å². The third-order valence-electron chi connectivity index (χ3n) is 3.55. The average Bonchev–Trinajstić information content (AvgIpc) is 2.46. The number of aldehydes is 1. The lowest BCUT2D eigenvalue weighted by molar-refractivity contribution is 0.0204. The zero-order valence-corrected chi connectivity index (χ0v) is 12.8. The number of hydrogen-bond acceptors (Lipinski definition) is 4. The second kappa shape index (κ2) is 6.24. The van der Waals surface area contributed by atoms with Gasteiger partial charge in [0.15, 0.2) is 6.29 Å². The van der Waals surface area contributed by atoms with Gasteiger partial charge >= 0.3 is 6.09 Å². The van der Waals surface area contributed by atoms with E-state index in [9.17, 15) is 9.59 Å². The van der Waals surface area contributed by atoms with E-state index >= 15 is 0 Å². The molecule has 1 amide bonds. The first-order valence-corrected chi connectivity index (χ1v) is 7.28. The lowest BCUT2D eigenvalue weighted by atomic mass is 9.90. The van der Waals surface area contributed by atoms with Crippen molar-refractivity contribution < 1.29 is 14.3 Å². The molecule has 0 spiro atoms. The third-order valence-corrected chi connectivity index (χ3v) is 3.55. The van der Waals surface area contributed by atoms with Crippen molar-refractivity contribution in [3.63, 3.8) is 0 Å². The maximum atomic E-state index is 12.0. The molecule has 114 valence electrons. The number of amides is 1. The molecule has 21 heavy (non-hydrogen) atoms. The number of pyridine rings is 1. The van der Waals surface area contributed by atoms with Crippen LogP contribution in [0.3, 0.4) is 0 Å². The summed E-state index contributed by atoms with van der Waals surface area (Å²) in [5, 5.41) is 0. The van der Waals surface area contributed by atoms with Crippen molar-refractivity contribution in [3.05, 3.63) is 29.6 Å². The number of aromatic nitrogens is 1. The fraction of sp³-hybridized carbons (Fsp3) is 0.562. The minimum atomic E-state index is -0.456. The van der Waals surface area contributed by atoms with Crippen molar-refractivity contribution in [2.45, 2.75) is 45.1 Å². The van der Waals surface area contributed by atoms with Crippen LogP contribution in [0.1, 0.15) is 55.6 Å². The summed E-state index contributed by atoms with van der Waals surface area (Å²) < 4.78 is 5.38. The molecule has 0 unspecified atom stereocenters. The van der Waals surface area contributed by atoms with Gasteiger partial charge in [0.2, 0.25) is 0 Å². The van der Waals surface area contributed by atoms with Gasteiger partial charge < -0.3 is 9.64 Å². The number of piperidine rings is 1. The number of ether oxygens (including phenoxy) is 1. The van der Waals surface area contributed by atoms with Gasteiger partial charge in [-0.05, 0) is 51.2 Å². The van der Waals surface area contributed by atoms with Crippen molar-refractivity contribution in [2.24, 2.45) is 0 Å². The molecule has 5 heteroatoms. The molecule has 0 atom stereocenters. The molecule has 0 aromatic carbocycles. The van der Waals surface area contributed by atoms with Crippen molar-refractivity contribution in [1.82, 2.24) is 9.88 Å². The molecule has 0 aliphatic carbocycles. The summed E-state index contributed by atoms with van der Waals surface area (Å²) in [6.45, 7) is 7.00. The van der Waals surface area contributed by atoms with Crippen molar-refractivity contribution in [2.75, 3.05) is 13.1 Å². The van der Waals surface area contributed by atoms with E-state index in [-0.39, 0.29) is 6.09 Å². The Morgan fingerprint density at radius 2 is 2.00 bits per heavy atom. The van der Waals surface area contributed by atoms with Crippen LogP contribution in [-0.2, 0) is 4.74 Å². The van der Waals surface area contributed by atoms with Gasteiger partial charge in [-0.2, -0.15) is 0 Å². The average molecular weight is 290 g/mol. The summed E-state index contributed by atoms with van der Waals surface area (Å²) in [5.74, 6) is 0.386. The van der Waals surface area contributed by atoms with E-state index in [0.29, 0.717) is 24.7 Å². The number of carbonyl (C=O) groups is 2. The fourth-order valence-electron chi connectivity index (χ4n) is 2.45. The molecule has 0 saturated carbocycles. The van der Waals surface area contributed by atoms with Gasteiger partial charge in [-0.25, -0.2) is 4.79 Å². The van der Waals surface area contributed by atoms with E-state index in [0.717, 1.165) is 24.7 Å². The minimum Gasteiger partial charge on any atom is -0.444 e. The smallest absolute Gasteiger partial charge is 0.410 e. The van der Waals surface area contributed by atoms with Gasteiger partial charge in [-0.1, -0.05) is 6.07 Å². The van der Waals surface area contributed by atoms with Crippen LogP contribution in [0.4, 0.5) is 4.79 Å². The first-order chi connectivity index (χ1) is 9.89. The Bertz CT molecular complexity index is 497. The van der Waals surface area contributed by atoms with Crippen molar-refractivity contribution in [3.8, 4) is 0 Å². The van der Waals surface area contributed by atoms with Crippen molar-refractivity contribution in [1.29, 1.82) is 0 Å². The summed E-state index contributed by atoms with van der Waals surface area (Å²) in [7, 11) is 0. The van der Waals surface area contributed by atoms with E-state index in [2.05, 4.69) is 4.98 Å². The minimum absolute atomic E-state index is 0.240. The topological polar surface area (TPSA) is 59.5 Å². The molecule has 0 N–H and O–H groups in total. The van der Waals surface area contributed by atoms with Crippen LogP contribution < -0.4 is 0 Å². The number of likely N-dealkylation sites (tertiary alicyclic amines) is 1. The summed E-state index contributed by atoms with van der Waals surface area (Å²) in [6, 6.07) is 3.69. The predicted molar refractivity (Wildman–Crippen MR) is 79.4 cm³/mol. The maximum Gasteiger partial charge on any atom is 0.410 e. The third kappa shape index (κ3) is 4.28. The van der Waals surface area contributed by atoms with Crippen LogP contribution in [0.25, 0.3) is 0 Å². The highest BCUT2D eigenvalue weighted by atomic mass is 16.6.